The average molecular weight is 144 g/mol. The highest BCUT2D eigenvalue weighted by Gasteiger charge is 2.19. The summed E-state index contributed by atoms with van der Waals surface area (Å²) in [7, 11) is 2.15. The fraction of sp³-hybridized carbons (Fsp3) is 1.00. The Hall–Kier alpha value is -0.120. The van der Waals surface area contributed by atoms with E-state index in [1.807, 2.05) is 0 Å². The second kappa shape index (κ2) is 3.91. The maximum Gasteiger partial charge on any atom is 0.0222 e. The average Bonchev–Trinajstić information content (AvgIpc) is 2.31. The van der Waals surface area contributed by atoms with Crippen LogP contribution in [-0.4, -0.2) is 36.3 Å². The molecule has 0 bridgehead atoms. The van der Waals surface area contributed by atoms with Crippen molar-refractivity contribution in [2.75, 3.05) is 20.1 Å². The Labute approximate surface area is 62.0 Å². The molecule has 10 heavy (non-hydrogen) atoms. The molecule has 1 rings (SSSR count). The van der Waals surface area contributed by atoms with Crippen LogP contribution in [0.25, 0.3) is 0 Å². The lowest BCUT2D eigenvalue weighted by molar-refractivity contribution is 0.153. The van der Waals surface area contributed by atoms with Gasteiger partial charge in [0.05, 0.1) is 0 Å². The molecule has 3 nitrogen and oxygen atoms in total. The largest absolute Gasteiger partial charge is 0.317 e. The summed E-state index contributed by atoms with van der Waals surface area (Å²) in [5.41, 5.74) is 2.19. The highest BCUT2D eigenvalue weighted by atomic mass is 16.5. The zero-order valence-electron chi connectivity index (χ0n) is 6.51. The SMILES string of the molecule is CN1CCC[C@H]1CCNO. The van der Waals surface area contributed by atoms with E-state index in [4.69, 9.17) is 5.21 Å². The number of hydrogen-bond donors (Lipinski definition) is 2. The third-order valence-corrected chi connectivity index (χ3v) is 2.26. The zero-order valence-corrected chi connectivity index (χ0v) is 6.51. The quantitative estimate of drug-likeness (QED) is 0.564. The van der Waals surface area contributed by atoms with Crippen molar-refractivity contribution in [3.8, 4) is 0 Å². The number of nitrogens with one attached hydrogen (secondary N) is 1. The normalized spacial score (nSPS) is 27.6. The molecule has 0 saturated carbocycles. The molecule has 0 aromatic heterocycles. The fourth-order valence-corrected chi connectivity index (χ4v) is 1.58. The predicted molar refractivity (Wildman–Crippen MR) is 40.1 cm³/mol. The maximum atomic E-state index is 8.34. The molecule has 0 unspecified atom stereocenters. The first-order valence-electron chi connectivity index (χ1n) is 3.92. The van der Waals surface area contributed by atoms with Gasteiger partial charge in [-0.25, -0.2) is 5.48 Å². The zero-order chi connectivity index (χ0) is 7.40. The van der Waals surface area contributed by atoms with E-state index < -0.39 is 0 Å². The van der Waals surface area contributed by atoms with Crippen LogP contribution in [0.1, 0.15) is 19.3 Å². The van der Waals surface area contributed by atoms with Crippen molar-refractivity contribution >= 4 is 0 Å². The Bertz CT molecular complexity index is 97.6. The van der Waals surface area contributed by atoms with Crippen molar-refractivity contribution in [2.45, 2.75) is 25.3 Å². The van der Waals surface area contributed by atoms with E-state index in [0.717, 1.165) is 13.0 Å². The molecule has 1 atom stereocenters. The minimum Gasteiger partial charge on any atom is -0.317 e. The van der Waals surface area contributed by atoms with Crippen molar-refractivity contribution in [2.24, 2.45) is 0 Å². The fourth-order valence-electron chi connectivity index (χ4n) is 1.58. The molecule has 0 spiro atoms. The van der Waals surface area contributed by atoms with Crippen LogP contribution < -0.4 is 5.48 Å². The van der Waals surface area contributed by atoms with Crippen molar-refractivity contribution in [1.82, 2.24) is 10.4 Å². The van der Waals surface area contributed by atoms with Crippen LogP contribution in [0.4, 0.5) is 0 Å². The summed E-state index contributed by atoms with van der Waals surface area (Å²) in [6.07, 6.45) is 3.66. The highest BCUT2D eigenvalue weighted by molar-refractivity contribution is 4.75. The van der Waals surface area contributed by atoms with E-state index in [1.165, 1.54) is 19.4 Å². The third kappa shape index (κ3) is 1.94. The molecule has 0 amide bonds. The van der Waals surface area contributed by atoms with Gasteiger partial charge >= 0.3 is 0 Å². The van der Waals surface area contributed by atoms with E-state index in [-0.39, 0.29) is 0 Å². The Morgan fingerprint density at radius 1 is 1.70 bits per heavy atom. The van der Waals surface area contributed by atoms with Gasteiger partial charge in [0.25, 0.3) is 0 Å². The molecule has 0 aromatic rings. The predicted octanol–water partition coefficient (Wildman–Crippen LogP) is 0.450. The molecule has 1 aliphatic rings. The van der Waals surface area contributed by atoms with Crippen LogP contribution in [0, 0.1) is 0 Å². The number of nitrogens with zero attached hydrogens (tertiary/aromatic N) is 1. The molecule has 1 heterocycles. The summed E-state index contributed by atoms with van der Waals surface area (Å²) < 4.78 is 0. The van der Waals surface area contributed by atoms with Crippen LogP contribution in [0.5, 0.6) is 0 Å². The molecule has 1 saturated heterocycles. The first kappa shape index (κ1) is 7.98. The van der Waals surface area contributed by atoms with Gasteiger partial charge in [-0.3, -0.25) is 0 Å². The molecule has 0 aliphatic carbocycles. The molecular weight excluding hydrogens is 128 g/mol. The van der Waals surface area contributed by atoms with Crippen LogP contribution in [0.15, 0.2) is 0 Å². The van der Waals surface area contributed by atoms with Gasteiger partial charge in [0, 0.05) is 12.6 Å². The number of rotatable bonds is 3. The first-order chi connectivity index (χ1) is 4.84. The van der Waals surface area contributed by atoms with Crippen LogP contribution in [0.3, 0.4) is 0 Å². The first-order valence-corrected chi connectivity index (χ1v) is 3.92. The molecule has 2 N–H and O–H groups in total. The minimum absolute atomic E-state index is 0.694. The van der Waals surface area contributed by atoms with Gasteiger partial charge in [0.1, 0.15) is 0 Å². The van der Waals surface area contributed by atoms with E-state index in [1.54, 1.807) is 0 Å². The van der Waals surface area contributed by atoms with Gasteiger partial charge in [-0.2, -0.15) is 0 Å². The molecular formula is C7H16N2O. The summed E-state index contributed by atoms with van der Waals surface area (Å²) >= 11 is 0. The van der Waals surface area contributed by atoms with E-state index in [0.29, 0.717) is 6.04 Å². The second-order valence-corrected chi connectivity index (χ2v) is 2.97. The molecule has 1 aliphatic heterocycles. The Morgan fingerprint density at radius 3 is 3.00 bits per heavy atom. The lowest BCUT2D eigenvalue weighted by Gasteiger charge is -2.18. The van der Waals surface area contributed by atoms with E-state index in [2.05, 4.69) is 17.4 Å². The smallest absolute Gasteiger partial charge is 0.0222 e. The molecule has 60 valence electrons. The molecule has 0 radical (unpaired) electrons. The maximum absolute atomic E-state index is 8.34. The van der Waals surface area contributed by atoms with Gasteiger partial charge < -0.3 is 10.1 Å². The molecule has 0 aromatic carbocycles. The second-order valence-electron chi connectivity index (χ2n) is 2.97. The number of likely N-dealkylation sites (tertiary alicyclic amines) is 1. The summed E-state index contributed by atoms with van der Waals surface area (Å²) in [5.74, 6) is 0. The number of hydroxylamine groups is 1. The topological polar surface area (TPSA) is 35.5 Å². The van der Waals surface area contributed by atoms with Gasteiger partial charge in [0.2, 0.25) is 0 Å². The minimum atomic E-state index is 0.694. The van der Waals surface area contributed by atoms with Crippen molar-refractivity contribution in [1.29, 1.82) is 0 Å². The lowest BCUT2D eigenvalue weighted by atomic mass is 10.1. The molecule has 1 fully saturated rings. The van der Waals surface area contributed by atoms with Gasteiger partial charge in [-0.05, 0) is 32.9 Å². The Kier molecular flexibility index (Phi) is 3.12. The van der Waals surface area contributed by atoms with E-state index >= 15 is 0 Å². The van der Waals surface area contributed by atoms with Gasteiger partial charge in [0.15, 0.2) is 0 Å². The van der Waals surface area contributed by atoms with Crippen LogP contribution >= 0.6 is 0 Å². The summed E-state index contributed by atoms with van der Waals surface area (Å²) in [5, 5.41) is 8.34. The van der Waals surface area contributed by atoms with Crippen molar-refractivity contribution in [3.63, 3.8) is 0 Å². The monoisotopic (exact) mass is 144 g/mol. The number of hydrogen-bond acceptors (Lipinski definition) is 3. The standard InChI is InChI=1S/C7H16N2O/c1-9-6-2-3-7(9)4-5-8-10/h7-8,10H,2-6H2,1H3/t7-/m0/s1. The summed E-state index contributed by atoms with van der Waals surface area (Å²) in [4.78, 5) is 2.36. The van der Waals surface area contributed by atoms with Crippen molar-refractivity contribution < 1.29 is 5.21 Å². The summed E-state index contributed by atoms with van der Waals surface area (Å²) in [6, 6.07) is 0.694. The highest BCUT2D eigenvalue weighted by Crippen LogP contribution is 2.16. The summed E-state index contributed by atoms with van der Waals surface area (Å²) in [6.45, 7) is 1.94. The Balaban J connectivity index is 2.14. The van der Waals surface area contributed by atoms with E-state index in [9.17, 15) is 0 Å². The third-order valence-electron chi connectivity index (χ3n) is 2.26. The van der Waals surface area contributed by atoms with Crippen molar-refractivity contribution in [3.05, 3.63) is 0 Å². The lowest BCUT2D eigenvalue weighted by Crippen LogP contribution is -2.28. The van der Waals surface area contributed by atoms with Crippen LogP contribution in [0.2, 0.25) is 0 Å². The Morgan fingerprint density at radius 2 is 2.50 bits per heavy atom. The molecule has 3 heteroatoms. The van der Waals surface area contributed by atoms with Gasteiger partial charge in [-0.15, -0.1) is 0 Å². The van der Waals surface area contributed by atoms with Gasteiger partial charge in [-0.1, -0.05) is 0 Å². The van der Waals surface area contributed by atoms with Crippen LogP contribution in [-0.2, 0) is 0 Å².